The molecule has 112 valence electrons. The van der Waals surface area contributed by atoms with Gasteiger partial charge in [-0.25, -0.2) is 4.79 Å². The Morgan fingerprint density at radius 2 is 2.05 bits per heavy atom. The normalized spacial score (nSPS) is 23.3. The Labute approximate surface area is 117 Å². The highest BCUT2D eigenvalue weighted by Crippen LogP contribution is 2.33. The third kappa shape index (κ3) is 3.09. The second-order valence-corrected chi connectivity index (χ2v) is 5.23. The summed E-state index contributed by atoms with van der Waals surface area (Å²) in [4.78, 5) is 37.2. The first-order valence-corrected chi connectivity index (χ1v) is 6.88. The first-order valence-electron chi connectivity index (χ1n) is 6.88. The predicted molar refractivity (Wildman–Crippen MR) is 68.5 cm³/mol. The fraction of sp³-hybridized carbons (Fsp3) is 0.769. The molecule has 1 aliphatic carbocycles. The van der Waals surface area contributed by atoms with Gasteiger partial charge in [0.15, 0.2) is 6.04 Å². The largest absolute Gasteiger partial charge is 0.467 e. The topological polar surface area (TPSA) is 95.9 Å². The van der Waals surface area contributed by atoms with Gasteiger partial charge in [0.2, 0.25) is 11.8 Å². The number of likely N-dealkylation sites (tertiary alicyclic amines) is 1. The molecule has 1 aliphatic heterocycles. The van der Waals surface area contributed by atoms with Crippen LogP contribution in [0, 0.1) is 5.92 Å². The maximum absolute atomic E-state index is 12.2. The Morgan fingerprint density at radius 1 is 1.35 bits per heavy atom. The molecular weight excluding hydrogens is 264 g/mol. The summed E-state index contributed by atoms with van der Waals surface area (Å²) in [6.07, 6.45) is 3.15. The number of nitrogens with one attached hydrogen (secondary N) is 1. The van der Waals surface area contributed by atoms with Gasteiger partial charge in [-0.05, 0) is 25.7 Å². The highest BCUT2D eigenvalue weighted by atomic mass is 16.5. The van der Waals surface area contributed by atoms with E-state index in [9.17, 15) is 14.4 Å². The molecular formula is C13H20N2O5. The van der Waals surface area contributed by atoms with E-state index in [2.05, 4.69) is 10.1 Å². The third-order valence-corrected chi connectivity index (χ3v) is 3.75. The number of rotatable bonds is 5. The molecule has 7 nitrogen and oxygen atoms in total. The second kappa shape index (κ2) is 6.21. The molecule has 20 heavy (non-hydrogen) atoms. The van der Waals surface area contributed by atoms with E-state index in [1.807, 2.05) is 0 Å². The maximum Gasteiger partial charge on any atom is 0.330 e. The van der Waals surface area contributed by atoms with Crippen LogP contribution in [0.25, 0.3) is 0 Å². The number of carbonyl (C=O) groups excluding carboxylic acids is 3. The van der Waals surface area contributed by atoms with E-state index < -0.39 is 30.6 Å². The number of hydrogen-bond acceptors (Lipinski definition) is 5. The molecule has 2 N–H and O–H groups in total. The Morgan fingerprint density at radius 3 is 2.60 bits per heavy atom. The number of carbonyl (C=O) groups is 3. The van der Waals surface area contributed by atoms with Crippen LogP contribution in [0.2, 0.25) is 0 Å². The molecule has 2 aliphatic rings. The SMILES string of the molecule is COC(=O)C(CO)NC(=O)C1CCCN1C(=O)C1CC1. The maximum atomic E-state index is 12.2. The lowest BCUT2D eigenvalue weighted by Gasteiger charge is -2.25. The first-order chi connectivity index (χ1) is 9.58. The molecule has 0 aromatic carbocycles. The van der Waals surface area contributed by atoms with E-state index in [1.165, 1.54) is 7.11 Å². The second-order valence-electron chi connectivity index (χ2n) is 5.23. The number of nitrogens with zero attached hydrogens (tertiary/aromatic N) is 1. The van der Waals surface area contributed by atoms with Crippen molar-refractivity contribution < 1.29 is 24.2 Å². The number of amides is 2. The number of hydrogen-bond donors (Lipinski definition) is 2. The van der Waals surface area contributed by atoms with Crippen LogP contribution in [0.15, 0.2) is 0 Å². The van der Waals surface area contributed by atoms with Crippen LogP contribution in [0.5, 0.6) is 0 Å². The zero-order chi connectivity index (χ0) is 14.7. The van der Waals surface area contributed by atoms with E-state index in [4.69, 9.17) is 5.11 Å². The van der Waals surface area contributed by atoms with Crippen LogP contribution >= 0.6 is 0 Å². The van der Waals surface area contributed by atoms with Gasteiger partial charge >= 0.3 is 5.97 Å². The van der Waals surface area contributed by atoms with Gasteiger partial charge in [-0.1, -0.05) is 0 Å². The molecule has 0 aromatic rings. The number of aliphatic hydroxyl groups is 1. The minimum absolute atomic E-state index is 0.0290. The molecule has 1 saturated heterocycles. The van der Waals surface area contributed by atoms with Crippen molar-refractivity contribution >= 4 is 17.8 Å². The monoisotopic (exact) mass is 284 g/mol. The Hall–Kier alpha value is -1.63. The smallest absolute Gasteiger partial charge is 0.330 e. The van der Waals surface area contributed by atoms with E-state index in [0.717, 1.165) is 19.3 Å². The third-order valence-electron chi connectivity index (χ3n) is 3.75. The van der Waals surface area contributed by atoms with Gasteiger partial charge in [0.25, 0.3) is 0 Å². The molecule has 2 unspecified atom stereocenters. The first kappa shape index (κ1) is 14.8. The Kier molecular flexibility index (Phi) is 4.59. The molecule has 7 heteroatoms. The predicted octanol–water partition coefficient (Wildman–Crippen LogP) is -0.962. The Balaban J connectivity index is 1.96. The van der Waals surface area contributed by atoms with Gasteiger partial charge in [-0.2, -0.15) is 0 Å². The molecule has 2 atom stereocenters. The summed E-state index contributed by atoms with van der Waals surface area (Å²) in [5, 5.41) is 11.5. The Bertz CT molecular complexity index is 408. The van der Waals surface area contributed by atoms with Crippen LogP contribution in [-0.4, -0.2) is 60.1 Å². The van der Waals surface area contributed by atoms with Gasteiger partial charge in [0.05, 0.1) is 13.7 Å². The van der Waals surface area contributed by atoms with Gasteiger partial charge in [0, 0.05) is 12.5 Å². The number of esters is 1. The van der Waals surface area contributed by atoms with E-state index in [-0.39, 0.29) is 11.8 Å². The van der Waals surface area contributed by atoms with Crippen LogP contribution in [0.3, 0.4) is 0 Å². The lowest BCUT2D eigenvalue weighted by atomic mass is 10.1. The van der Waals surface area contributed by atoms with Gasteiger partial charge in [-0.15, -0.1) is 0 Å². The minimum atomic E-state index is -1.08. The molecule has 0 spiro atoms. The van der Waals surface area contributed by atoms with Crippen LogP contribution in [0.4, 0.5) is 0 Å². The average Bonchev–Trinajstić information content (AvgIpc) is 3.19. The molecule has 2 amide bonds. The highest BCUT2D eigenvalue weighted by molar-refractivity contribution is 5.92. The number of methoxy groups -OCH3 is 1. The van der Waals surface area contributed by atoms with E-state index in [0.29, 0.717) is 13.0 Å². The highest BCUT2D eigenvalue weighted by Gasteiger charge is 2.41. The van der Waals surface area contributed by atoms with Gasteiger partial charge in [0.1, 0.15) is 6.04 Å². The summed E-state index contributed by atoms with van der Waals surface area (Å²) >= 11 is 0. The molecule has 0 aromatic heterocycles. The zero-order valence-corrected chi connectivity index (χ0v) is 11.5. The lowest BCUT2D eigenvalue weighted by molar-refractivity contribution is -0.147. The average molecular weight is 284 g/mol. The van der Waals surface area contributed by atoms with E-state index >= 15 is 0 Å². The zero-order valence-electron chi connectivity index (χ0n) is 11.5. The molecule has 1 saturated carbocycles. The van der Waals surface area contributed by atoms with Crippen molar-refractivity contribution in [1.82, 2.24) is 10.2 Å². The summed E-state index contributed by atoms with van der Waals surface area (Å²) in [5.74, 6) is -1.00. The molecule has 2 rings (SSSR count). The van der Waals surface area contributed by atoms with Crippen molar-refractivity contribution in [2.45, 2.75) is 37.8 Å². The van der Waals surface area contributed by atoms with Crippen molar-refractivity contribution in [2.24, 2.45) is 5.92 Å². The summed E-state index contributed by atoms with van der Waals surface area (Å²) in [6, 6.07) is -1.62. The quantitative estimate of drug-likeness (QED) is 0.634. The summed E-state index contributed by atoms with van der Waals surface area (Å²) < 4.78 is 4.50. The molecule has 1 heterocycles. The summed E-state index contributed by atoms with van der Waals surface area (Å²) in [6.45, 7) is 0.0527. The molecule has 0 bridgehead atoms. The van der Waals surface area contributed by atoms with Crippen molar-refractivity contribution in [3.05, 3.63) is 0 Å². The van der Waals surface area contributed by atoms with Gasteiger partial charge < -0.3 is 20.1 Å². The van der Waals surface area contributed by atoms with Crippen molar-refractivity contribution in [3.63, 3.8) is 0 Å². The summed E-state index contributed by atoms with van der Waals surface area (Å²) in [7, 11) is 1.19. The van der Waals surface area contributed by atoms with Crippen LogP contribution < -0.4 is 5.32 Å². The summed E-state index contributed by atoms with van der Waals surface area (Å²) in [5.41, 5.74) is 0. The molecule has 0 radical (unpaired) electrons. The fourth-order valence-corrected chi connectivity index (χ4v) is 2.46. The molecule has 2 fully saturated rings. The fourth-order valence-electron chi connectivity index (χ4n) is 2.46. The number of aliphatic hydroxyl groups excluding tert-OH is 1. The lowest BCUT2D eigenvalue weighted by Crippen LogP contribution is -2.52. The number of ether oxygens (including phenoxy) is 1. The van der Waals surface area contributed by atoms with Crippen molar-refractivity contribution in [3.8, 4) is 0 Å². The van der Waals surface area contributed by atoms with Crippen LogP contribution in [-0.2, 0) is 19.1 Å². The standard InChI is InChI=1S/C13H20N2O5/c1-20-13(19)9(7-16)14-11(17)10-3-2-6-15(10)12(18)8-4-5-8/h8-10,16H,2-7H2,1H3,(H,14,17). The van der Waals surface area contributed by atoms with E-state index in [1.54, 1.807) is 4.90 Å². The minimum Gasteiger partial charge on any atom is -0.467 e. The van der Waals surface area contributed by atoms with Gasteiger partial charge in [-0.3, -0.25) is 9.59 Å². The van der Waals surface area contributed by atoms with Crippen LogP contribution in [0.1, 0.15) is 25.7 Å². The van der Waals surface area contributed by atoms with Crippen molar-refractivity contribution in [1.29, 1.82) is 0 Å². The van der Waals surface area contributed by atoms with Crippen molar-refractivity contribution in [2.75, 3.05) is 20.3 Å².